The monoisotopic (exact) mass is 249 g/mol. The molecule has 0 saturated carbocycles. The molecule has 0 bridgehead atoms. The van der Waals surface area contributed by atoms with Gasteiger partial charge in [-0.2, -0.15) is 0 Å². The maximum atomic E-state index is 11.6. The number of benzene rings is 1. The second-order valence-electron chi connectivity index (χ2n) is 5.62. The minimum absolute atomic E-state index is 0.0442. The van der Waals surface area contributed by atoms with Gasteiger partial charge in [-0.1, -0.05) is 30.3 Å². The van der Waals surface area contributed by atoms with Crippen LogP contribution < -0.4 is 5.32 Å². The summed E-state index contributed by atoms with van der Waals surface area (Å²) in [6.07, 6.45) is 1.29. The first-order valence-corrected chi connectivity index (χ1v) is 6.42. The lowest BCUT2D eigenvalue weighted by Crippen LogP contribution is -2.40. The Labute approximate surface area is 109 Å². The molecule has 1 amide bonds. The zero-order valence-corrected chi connectivity index (χ0v) is 11.4. The topological polar surface area (TPSA) is 49.3 Å². The lowest BCUT2D eigenvalue weighted by atomic mass is 10.0. The fourth-order valence-electron chi connectivity index (χ4n) is 1.78. The Morgan fingerprint density at radius 2 is 1.89 bits per heavy atom. The molecule has 0 aliphatic heterocycles. The van der Waals surface area contributed by atoms with Gasteiger partial charge in [-0.3, -0.25) is 4.79 Å². The fraction of sp³-hybridized carbons (Fsp3) is 0.533. The second kappa shape index (κ2) is 6.55. The number of nitrogens with one attached hydrogen (secondary N) is 1. The van der Waals surface area contributed by atoms with Crippen molar-refractivity contribution in [3.8, 4) is 0 Å². The number of amides is 1. The van der Waals surface area contributed by atoms with Crippen molar-refractivity contribution in [2.75, 3.05) is 0 Å². The van der Waals surface area contributed by atoms with Crippen molar-refractivity contribution in [2.45, 2.75) is 51.7 Å². The van der Waals surface area contributed by atoms with E-state index in [1.54, 1.807) is 0 Å². The number of aliphatic hydroxyl groups excluding tert-OH is 1. The third-order valence-electron chi connectivity index (χ3n) is 2.58. The van der Waals surface area contributed by atoms with Crippen LogP contribution in [0, 0.1) is 0 Å². The lowest BCUT2D eigenvalue weighted by Gasteiger charge is -2.20. The highest BCUT2D eigenvalue weighted by atomic mass is 16.3. The molecule has 0 spiro atoms. The molecule has 18 heavy (non-hydrogen) atoms. The van der Waals surface area contributed by atoms with E-state index in [-0.39, 0.29) is 11.4 Å². The van der Waals surface area contributed by atoms with Crippen molar-refractivity contribution in [3.05, 3.63) is 35.9 Å². The molecular weight excluding hydrogens is 226 g/mol. The SMILES string of the molecule is CC(C)(C)NC(=O)CCCC(O)c1ccccc1. The first kappa shape index (κ1) is 14.7. The van der Waals surface area contributed by atoms with Crippen LogP contribution in [0.5, 0.6) is 0 Å². The summed E-state index contributed by atoms with van der Waals surface area (Å²) in [6.45, 7) is 5.89. The van der Waals surface area contributed by atoms with Gasteiger partial charge in [0.15, 0.2) is 0 Å². The predicted octanol–water partition coefficient (Wildman–Crippen LogP) is 2.81. The third kappa shape index (κ3) is 5.82. The van der Waals surface area contributed by atoms with Crippen LogP contribution in [0.4, 0.5) is 0 Å². The average Bonchev–Trinajstić information content (AvgIpc) is 2.27. The van der Waals surface area contributed by atoms with Gasteiger partial charge in [-0.25, -0.2) is 0 Å². The minimum atomic E-state index is -0.478. The zero-order valence-electron chi connectivity index (χ0n) is 11.4. The zero-order chi connectivity index (χ0) is 13.6. The molecule has 0 radical (unpaired) electrons. The highest BCUT2D eigenvalue weighted by Gasteiger charge is 2.14. The largest absolute Gasteiger partial charge is 0.388 e. The van der Waals surface area contributed by atoms with Crippen molar-refractivity contribution >= 4 is 5.91 Å². The van der Waals surface area contributed by atoms with Gasteiger partial charge in [0.2, 0.25) is 5.91 Å². The molecule has 0 aromatic heterocycles. The smallest absolute Gasteiger partial charge is 0.220 e. The van der Waals surface area contributed by atoms with E-state index in [4.69, 9.17) is 0 Å². The van der Waals surface area contributed by atoms with Gasteiger partial charge in [0.05, 0.1) is 6.10 Å². The Bertz CT molecular complexity index is 368. The van der Waals surface area contributed by atoms with E-state index in [2.05, 4.69) is 5.32 Å². The van der Waals surface area contributed by atoms with Crippen molar-refractivity contribution in [3.63, 3.8) is 0 Å². The molecule has 1 unspecified atom stereocenters. The summed E-state index contributed by atoms with van der Waals surface area (Å²) >= 11 is 0. The van der Waals surface area contributed by atoms with Crippen LogP contribution in [-0.4, -0.2) is 16.6 Å². The lowest BCUT2D eigenvalue weighted by molar-refractivity contribution is -0.122. The highest BCUT2D eigenvalue weighted by Crippen LogP contribution is 2.18. The van der Waals surface area contributed by atoms with E-state index in [0.717, 1.165) is 5.56 Å². The molecule has 1 aromatic rings. The highest BCUT2D eigenvalue weighted by molar-refractivity contribution is 5.76. The predicted molar refractivity (Wildman–Crippen MR) is 73.1 cm³/mol. The van der Waals surface area contributed by atoms with Gasteiger partial charge < -0.3 is 10.4 Å². The minimum Gasteiger partial charge on any atom is -0.388 e. The van der Waals surface area contributed by atoms with E-state index in [9.17, 15) is 9.90 Å². The molecule has 0 aliphatic carbocycles. The molecular formula is C15H23NO2. The molecule has 2 N–H and O–H groups in total. The molecule has 0 fully saturated rings. The van der Waals surface area contributed by atoms with Crippen LogP contribution in [0.2, 0.25) is 0 Å². The Balaban J connectivity index is 2.28. The average molecular weight is 249 g/mol. The standard InChI is InChI=1S/C15H23NO2/c1-15(2,3)16-14(18)11-7-10-13(17)12-8-5-4-6-9-12/h4-6,8-9,13,17H,7,10-11H2,1-3H3,(H,16,18). The van der Waals surface area contributed by atoms with Gasteiger partial charge in [-0.15, -0.1) is 0 Å². The van der Waals surface area contributed by atoms with Crippen LogP contribution in [0.1, 0.15) is 51.7 Å². The number of hydrogen-bond donors (Lipinski definition) is 2. The van der Waals surface area contributed by atoms with Gasteiger partial charge in [-0.05, 0) is 39.2 Å². The van der Waals surface area contributed by atoms with E-state index < -0.39 is 6.10 Å². The molecule has 100 valence electrons. The van der Waals surface area contributed by atoms with Crippen molar-refractivity contribution in [2.24, 2.45) is 0 Å². The third-order valence-corrected chi connectivity index (χ3v) is 2.58. The van der Waals surface area contributed by atoms with Crippen LogP contribution in [0.25, 0.3) is 0 Å². The Kier molecular flexibility index (Phi) is 5.35. The van der Waals surface area contributed by atoms with E-state index >= 15 is 0 Å². The van der Waals surface area contributed by atoms with Crippen LogP contribution in [-0.2, 0) is 4.79 Å². The fourth-order valence-corrected chi connectivity index (χ4v) is 1.78. The van der Waals surface area contributed by atoms with E-state index in [1.807, 2.05) is 51.1 Å². The Morgan fingerprint density at radius 3 is 2.44 bits per heavy atom. The summed E-state index contributed by atoms with van der Waals surface area (Å²) in [5.74, 6) is 0.0442. The molecule has 1 rings (SSSR count). The quantitative estimate of drug-likeness (QED) is 0.843. The van der Waals surface area contributed by atoms with Crippen LogP contribution in [0.15, 0.2) is 30.3 Å². The van der Waals surface area contributed by atoms with E-state index in [1.165, 1.54) is 0 Å². The van der Waals surface area contributed by atoms with Crippen LogP contribution in [0.3, 0.4) is 0 Å². The van der Waals surface area contributed by atoms with Gasteiger partial charge >= 0.3 is 0 Å². The molecule has 1 atom stereocenters. The molecule has 0 saturated heterocycles. The number of hydrogen-bond acceptors (Lipinski definition) is 2. The van der Waals surface area contributed by atoms with Crippen molar-refractivity contribution < 1.29 is 9.90 Å². The molecule has 0 heterocycles. The Hall–Kier alpha value is -1.35. The summed E-state index contributed by atoms with van der Waals surface area (Å²) in [7, 11) is 0. The summed E-state index contributed by atoms with van der Waals surface area (Å²) in [5, 5.41) is 12.8. The van der Waals surface area contributed by atoms with Gasteiger partial charge in [0.25, 0.3) is 0 Å². The van der Waals surface area contributed by atoms with Gasteiger partial charge in [0.1, 0.15) is 0 Å². The molecule has 0 aliphatic rings. The summed E-state index contributed by atoms with van der Waals surface area (Å²) in [4.78, 5) is 11.6. The normalized spacial score (nSPS) is 13.1. The first-order valence-electron chi connectivity index (χ1n) is 6.42. The number of rotatable bonds is 5. The van der Waals surface area contributed by atoms with E-state index in [0.29, 0.717) is 19.3 Å². The molecule has 1 aromatic carbocycles. The maximum absolute atomic E-state index is 11.6. The summed E-state index contributed by atoms with van der Waals surface area (Å²) in [6, 6.07) is 9.54. The number of carbonyl (C=O) groups is 1. The summed E-state index contributed by atoms with van der Waals surface area (Å²) in [5.41, 5.74) is 0.725. The van der Waals surface area contributed by atoms with Crippen LogP contribution >= 0.6 is 0 Å². The molecule has 3 heteroatoms. The number of aliphatic hydroxyl groups is 1. The van der Waals surface area contributed by atoms with Crippen molar-refractivity contribution in [1.29, 1.82) is 0 Å². The van der Waals surface area contributed by atoms with Crippen molar-refractivity contribution in [1.82, 2.24) is 5.32 Å². The number of carbonyl (C=O) groups excluding carboxylic acids is 1. The second-order valence-corrected chi connectivity index (χ2v) is 5.62. The maximum Gasteiger partial charge on any atom is 0.220 e. The first-order chi connectivity index (χ1) is 8.38. The Morgan fingerprint density at radius 1 is 1.28 bits per heavy atom. The molecule has 3 nitrogen and oxygen atoms in total. The van der Waals surface area contributed by atoms with Gasteiger partial charge in [0, 0.05) is 12.0 Å². The summed E-state index contributed by atoms with van der Waals surface area (Å²) < 4.78 is 0.